The van der Waals surface area contributed by atoms with Gasteiger partial charge in [-0.3, -0.25) is 4.79 Å². The molecule has 98 valence electrons. The number of halogens is 3. The van der Waals surface area contributed by atoms with Crippen LogP contribution in [0.3, 0.4) is 0 Å². The zero-order valence-corrected chi connectivity index (χ0v) is 10.3. The molecule has 1 aromatic rings. The molecule has 3 nitrogen and oxygen atoms in total. The molecule has 6 heteroatoms. The van der Waals surface area contributed by atoms with Crippen molar-refractivity contribution in [1.29, 1.82) is 0 Å². The Balaban J connectivity index is 2.42. The average molecular weight is 277 g/mol. The van der Waals surface area contributed by atoms with Crippen LogP contribution in [-0.2, 0) is 14.9 Å². The summed E-state index contributed by atoms with van der Waals surface area (Å²) < 4.78 is 33.8. The van der Waals surface area contributed by atoms with E-state index in [4.69, 9.17) is 16.3 Å². The second-order valence-corrected chi connectivity index (χ2v) is 4.53. The van der Waals surface area contributed by atoms with Gasteiger partial charge in [0.15, 0.2) is 0 Å². The number of carbonyl (C=O) groups excluding carboxylic acids is 1. The molecular formula is C12H11ClF2O3. The van der Waals surface area contributed by atoms with Gasteiger partial charge in [-0.05, 0) is 31.0 Å². The monoisotopic (exact) mass is 276 g/mol. The summed E-state index contributed by atoms with van der Waals surface area (Å²) in [4.78, 5) is 11.7. The minimum Gasteiger partial charge on any atom is -0.468 e. The first-order valence-electron chi connectivity index (χ1n) is 5.33. The molecule has 1 aliphatic carbocycles. The van der Waals surface area contributed by atoms with E-state index in [0.29, 0.717) is 23.4 Å². The number of rotatable bonds is 4. The molecule has 0 heterocycles. The highest BCUT2D eigenvalue weighted by Crippen LogP contribution is 2.52. The molecule has 0 bridgehead atoms. The van der Waals surface area contributed by atoms with Crippen LogP contribution < -0.4 is 4.74 Å². The second kappa shape index (κ2) is 4.72. The maximum absolute atomic E-state index is 12.3. The number of ether oxygens (including phenoxy) is 2. The molecule has 0 spiro atoms. The molecule has 18 heavy (non-hydrogen) atoms. The van der Waals surface area contributed by atoms with Crippen molar-refractivity contribution in [3.8, 4) is 5.75 Å². The van der Waals surface area contributed by atoms with Crippen molar-refractivity contribution >= 4 is 17.6 Å². The first kappa shape index (κ1) is 13.1. The first-order chi connectivity index (χ1) is 8.49. The largest absolute Gasteiger partial charge is 0.468 e. The number of esters is 1. The summed E-state index contributed by atoms with van der Waals surface area (Å²) in [6.07, 6.45) is 1.08. The Morgan fingerprint density at radius 2 is 2.11 bits per heavy atom. The van der Waals surface area contributed by atoms with Crippen molar-refractivity contribution in [2.24, 2.45) is 0 Å². The van der Waals surface area contributed by atoms with Gasteiger partial charge in [-0.1, -0.05) is 11.6 Å². The minimum atomic E-state index is -2.95. The molecule has 1 aromatic carbocycles. The third kappa shape index (κ3) is 2.27. The molecule has 0 unspecified atom stereocenters. The normalized spacial score (nSPS) is 16.5. The number of hydrogen-bond acceptors (Lipinski definition) is 3. The van der Waals surface area contributed by atoms with Crippen LogP contribution in [0.2, 0.25) is 5.02 Å². The highest BCUT2D eigenvalue weighted by molar-refractivity contribution is 6.30. The molecule has 0 aliphatic heterocycles. The van der Waals surface area contributed by atoms with Gasteiger partial charge in [0.1, 0.15) is 5.75 Å². The van der Waals surface area contributed by atoms with Crippen molar-refractivity contribution in [1.82, 2.24) is 0 Å². The van der Waals surface area contributed by atoms with Crippen LogP contribution in [0.5, 0.6) is 5.75 Å². The lowest BCUT2D eigenvalue weighted by Crippen LogP contribution is -2.23. The molecule has 1 saturated carbocycles. The fourth-order valence-corrected chi connectivity index (χ4v) is 2.15. The Bertz CT molecular complexity index is 472. The molecule has 0 aromatic heterocycles. The standard InChI is InChI=1S/C12H11ClF2O3/c1-17-10(16)12(4-5-12)8-6-7(13)2-3-9(8)18-11(14)15/h2-3,6,11H,4-5H2,1H3. The summed E-state index contributed by atoms with van der Waals surface area (Å²) in [6, 6.07) is 4.26. The Kier molecular flexibility index (Phi) is 3.43. The molecule has 0 atom stereocenters. The zero-order chi connectivity index (χ0) is 13.3. The van der Waals surface area contributed by atoms with Crippen molar-refractivity contribution < 1.29 is 23.0 Å². The maximum Gasteiger partial charge on any atom is 0.387 e. The number of methoxy groups -OCH3 is 1. The SMILES string of the molecule is COC(=O)C1(c2cc(Cl)ccc2OC(F)F)CC1. The minimum absolute atomic E-state index is 0.0303. The molecule has 0 amide bonds. The third-order valence-corrected chi connectivity index (χ3v) is 3.23. The second-order valence-electron chi connectivity index (χ2n) is 4.09. The van der Waals surface area contributed by atoms with Crippen molar-refractivity contribution in [3.05, 3.63) is 28.8 Å². The zero-order valence-electron chi connectivity index (χ0n) is 9.58. The highest BCUT2D eigenvalue weighted by atomic mass is 35.5. The third-order valence-electron chi connectivity index (χ3n) is 3.00. The molecular weight excluding hydrogens is 266 g/mol. The summed E-state index contributed by atoms with van der Waals surface area (Å²) in [7, 11) is 1.26. The van der Waals surface area contributed by atoms with E-state index in [9.17, 15) is 13.6 Å². The van der Waals surface area contributed by atoms with Gasteiger partial charge in [-0.2, -0.15) is 8.78 Å². The van der Waals surface area contributed by atoms with Crippen LogP contribution in [0.1, 0.15) is 18.4 Å². The van der Waals surface area contributed by atoms with E-state index in [1.165, 1.54) is 25.3 Å². The van der Waals surface area contributed by atoms with Crippen LogP contribution in [0, 0.1) is 0 Å². The lowest BCUT2D eigenvalue weighted by molar-refractivity contribution is -0.143. The molecule has 1 aliphatic rings. The average Bonchev–Trinajstić information content (AvgIpc) is 3.11. The molecule has 0 saturated heterocycles. The van der Waals surface area contributed by atoms with Gasteiger partial charge in [-0.25, -0.2) is 0 Å². The predicted molar refractivity (Wildman–Crippen MR) is 61.0 cm³/mol. The van der Waals surface area contributed by atoms with E-state index in [-0.39, 0.29) is 5.75 Å². The summed E-state index contributed by atoms with van der Waals surface area (Å²) >= 11 is 5.84. The summed E-state index contributed by atoms with van der Waals surface area (Å²) in [5, 5.41) is 0.363. The van der Waals surface area contributed by atoms with Crippen molar-refractivity contribution in [2.75, 3.05) is 7.11 Å². The van der Waals surface area contributed by atoms with Crippen LogP contribution >= 0.6 is 11.6 Å². The van der Waals surface area contributed by atoms with Gasteiger partial charge in [-0.15, -0.1) is 0 Å². The first-order valence-corrected chi connectivity index (χ1v) is 5.70. The van der Waals surface area contributed by atoms with Crippen LogP contribution in [-0.4, -0.2) is 19.7 Å². The van der Waals surface area contributed by atoms with Gasteiger partial charge in [0.25, 0.3) is 0 Å². The van der Waals surface area contributed by atoms with E-state index < -0.39 is 18.0 Å². The Hall–Kier alpha value is -1.36. The van der Waals surface area contributed by atoms with Gasteiger partial charge in [0.2, 0.25) is 0 Å². The van der Waals surface area contributed by atoms with Crippen LogP contribution in [0.25, 0.3) is 0 Å². The van der Waals surface area contributed by atoms with Gasteiger partial charge in [0.05, 0.1) is 12.5 Å². The molecule has 2 rings (SSSR count). The van der Waals surface area contributed by atoms with Crippen molar-refractivity contribution in [2.45, 2.75) is 24.9 Å². The maximum atomic E-state index is 12.3. The van der Waals surface area contributed by atoms with Crippen LogP contribution in [0.4, 0.5) is 8.78 Å². The van der Waals surface area contributed by atoms with Crippen LogP contribution in [0.15, 0.2) is 18.2 Å². The Morgan fingerprint density at radius 1 is 1.44 bits per heavy atom. The van der Waals surface area contributed by atoms with E-state index in [1.54, 1.807) is 0 Å². The number of hydrogen-bond donors (Lipinski definition) is 0. The molecule has 1 fully saturated rings. The number of benzene rings is 1. The molecule has 0 radical (unpaired) electrons. The summed E-state index contributed by atoms with van der Waals surface area (Å²) in [5.41, 5.74) is -0.522. The quantitative estimate of drug-likeness (QED) is 0.793. The van der Waals surface area contributed by atoms with E-state index in [0.717, 1.165) is 0 Å². The number of alkyl halides is 2. The fraction of sp³-hybridized carbons (Fsp3) is 0.417. The van der Waals surface area contributed by atoms with Crippen molar-refractivity contribution in [3.63, 3.8) is 0 Å². The Morgan fingerprint density at radius 3 is 2.61 bits per heavy atom. The summed E-state index contributed by atoms with van der Waals surface area (Å²) in [5.74, 6) is -0.485. The topological polar surface area (TPSA) is 35.5 Å². The number of carbonyl (C=O) groups is 1. The molecule has 0 N–H and O–H groups in total. The lowest BCUT2D eigenvalue weighted by atomic mass is 9.95. The van der Waals surface area contributed by atoms with Gasteiger partial charge in [0, 0.05) is 10.6 Å². The van der Waals surface area contributed by atoms with Gasteiger partial charge >= 0.3 is 12.6 Å². The highest BCUT2D eigenvalue weighted by Gasteiger charge is 2.54. The Labute approximate surface area is 108 Å². The van der Waals surface area contributed by atoms with Gasteiger partial charge < -0.3 is 9.47 Å². The smallest absolute Gasteiger partial charge is 0.387 e. The summed E-state index contributed by atoms with van der Waals surface area (Å²) in [6.45, 7) is -2.95. The van der Waals surface area contributed by atoms with E-state index in [1.807, 2.05) is 0 Å². The van der Waals surface area contributed by atoms with E-state index >= 15 is 0 Å². The fourth-order valence-electron chi connectivity index (χ4n) is 1.98. The predicted octanol–water partition coefficient (Wildman–Crippen LogP) is 3.15. The van der Waals surface area contributed by atoms with E-state index in [2.05, 4.69) is 4.74 Å². The lowest BCUT2D eigenvalue weighted by Gasteiger charge is -2.17.